The summed E-state index contributed by atoms with van der Waals surface area (Å²) in [5.74, 6) is -0.0926. The van der Waals surface area contributed by atoms with Gasteiger partial charge in [-0.3, -0.25) is 9.59 Å². The van der Waals surface area contributed by atoms with Gasteiger partial charge in [0.25, 0.3) is 0 Å². The third-order valence-electron chi connectivity index (χ3n) is 1.30. The van der Waals surface area contributed by atoms with Gasteiger partial charge in [-0.05, 0) is 6.92 Å². The lowest BCUT2D eigenvalue weighted by Gasteiger charge is -2.17. The van der Waals surface area contributed by atoms with E-state index in [1.165, 1.54) is 0 Å². The summed E-state index contributed by atoms with van der Waals surface area (Å²) in [5, 5.41) is 2.65. The Morgan fingerprint density at radius 2 is 2.22 bits per heavy atom. The molecule has 0 aromatic rings. The molecule has 0 aliphatic carbocycles. The molecular formula is C6H9NO2. The quantitative estimate of drug-likeness (QED) is 0.460. The minimum atomic E-state index is -0.140. The number of hydrogen-bond acceptors (Lipinski definition) is 2. The Morgan fingerprint density at radius 1 is 1.56 bits per heavy atom. The fourth-order valence-electron chi connectivity index (χ4n) is 0.970. The molecule has 1 atom stereocenters. The van der Waals surface area contributed by atoms with Crippen LogP contribution in [0, 0.1) is 0 Å². The molecule has 3 heteroatoms. The van der Waals surface area contributed by atoms with E-state index in [1.54, 1.807) is 0 Å². The molecule has 1 aliphatic rings. The highest BCUT2D eigenvalue weighted by molar-refractivity contribution is 6.00. The highest BCUT2D eigenvalue weighted by Gasteiger charge is 2.20. The summed E-state index contributed by atoms with van der Waals surface area (Å²) in [6, 6.07) is 0.0405. The van der Waals surface area contributed by atoms with Crippen molar-refractivity contribution in [2.75, 3.05) is 0 Å². The summed E-state index contributed by atoms with van der Waals surface area (Å²) in [6.07, 6.45) is 0.566. The molecule has 3 nitrogen and oxygen atoms in total. The Balaban J connectivity index is 2.53. The van der Waals surface area contributed by atoms with Crippen LogP contribution >= 0.6 is 0 Å². The molecule has 1 saturated heterocycles. The lowest BCUT2D eigenvalue weighted by Crippen LogP contribution is -2.40. The second-order valence-electron chi connectivity index (χ2n) is 2.39. The van der Waals surface area contributed by atoms with E-state index in [0.29, 0.717) is 6.42 Å². The van der Waals surface area contributed by atoms with E-state index in [1.807, 2.05) is 6.92 Å². The maximum Gasteiger partial charge on any atom is 0.227 e. The Kier molecular flexibility index (Phi) is 1.51. The molecule has 50 valence electrons. The van der Waals surface area contributed by atoms with E-state index in [-0.39, 0.29) is 24.2 Å². The van der Waals surface area contributed by atoms with Gasteiger partial charge < -0.3 is 5.32 Å². The first kappa shape index (κ1) is 6.26. The average molecular weight is 127 g/mol. The van der Waals surface area contributed by atoms with Crippen molar-refractivity contribution in [2.24, 2.45) is 0 Å². The molecule has 0 unspecified atom stereocenters. The van der Waals surface area contributed by atoms with Crippen molar-refractivity contribution in [1.82, 2.24) is 5.32 Å². The summed E-state index contributed by atoms with van der Waals surface area (Å²) in [4.78, 5) is 21.2. The maximum absolute atomic E-state index is 10.6. The van der Waals surface area contributed by atoms with Crippen LogP contribution in [0.25, 0.3) is 0 Å². The molecule has 1 heterocycles. The highest BCUT2D eigenvalue weighted by Crippen LogP contribution is 2.02. The van der Waals surface area contributed by atoms with Gasteiger partial charge in [0.15, 0.2) is 0 Å². The van der Waals surface area contributed by atoms with Crippen molar-refractivity contribution >= 4 is 11.7 Å². The molecule has 0 bridgehead atoms. The van der Waals surface area contributed by atoms with E-state index in [0.717, 1.165) is 0 Å². The molecule has 1 rings (SSSR count). The van der Waals surface area contributed by atoms with Crippen molar-refractivity contribution in [3.63, 3.8) is 0 Å². The second kappa shape index (κ2) is 2.17. The van der Waals surface area contributed by atoms with Crippen LogP contribution < -0.4 is 5.32 Å². The van der Waals surface area contributed by atoms with Crippen molar-refractivity contribution < 1.29 is 9.59 Å². The zero-order valence-electron chi connectivity index (χ0n) is 5.31. The van der Waals surface area contributed by atoms with E-state index >= 15 is 0 Å². The van der Waals surface area contributed by atoms with Gasteiger partial charge in [0.2, 0.25) is 5.91 Å². The second-order valence-corrected chi connectivity index (χ2v) is 2.39. The number of Topliss-reactive ketones (excluding diaryl/α,β-unsaturated/α-hetero) is 1. The molecule has 1 amide bonds. The van der Waals surface area contributed by atoms with Gasteiger partial charge in [-0.15, -0.1) is 0 Å². The van der Waals surface area contributed by atoms with Crippen LogP contribution in [0.3, 0.4) is 0 Å². The monoisotopic (exact) mass is 127 g/mol. The molecule has 0 radical (unpaired) electrons. The molecule has 0 saturated carbocycles. The van der Waals surface area contributed by atoms with Crippen LogP contribution in [0.5, 0.6) is 0 Å². The van der Waals surface area contributed by atoms with Gasteiger partial charge in [-0.1, -0.05) is 0 Å². The largest absolute Gasteiger partial charge is 0.353 e. The first-order valence-electron chi connectivity index (χ1n) is 2.99. The lowest BCUT2D eigenvalue weighted by molar-refractivity contribution is -0.131. The molecular weight excluding hydrogens is 118 g/mol. The fourth-order valence-corrected chi connectivity index (χ4v) is 0.970. The highest BCUT2D eigenvalue weighted by atomic mass is 16.2. The van der Waals surface area contributed by atoms with Crippen molar-refractivity contribution in [3.05, 3.63) is 0 Å². The summed E-state index contributed by atoms with van der Waals surface area (Å²) in [6.45, 7) is 1.83. The number of piperidine rings is 1. The number of rotatable bonds is 0. The third-order valence-corrected chi connectivity index (χ3v) is 1.30. The van der Waals surface area contributed by atoms with Gasteiger partial charge in [0.05, 0.1) is 6.42 Å². The zero-order valence-corrected chi connectivity index (χ0v) is 5.31. The first-order valence-corrected chi connectivity index (χ1v) is 2.99. The van der Waals surface area contributed by atoms with Crippen molar-refractivity contribution in [2.45, 2.75) is 25.8 Å². The minimum absolute atomic E-state index is 0.0405. The fraction of sp³-hybridized carbons (Fsp3) is 0.667. The Hall–Kier alpha value is -0.860. The summed E-state index contributed by atoms with van der Waals surface area (Å²) >= 11 is 0. The smallest absolute Gasteiger partial charge is 0.227 e. The summed E-state index contributed by atoms with van der Waals surface area (Å²) < 4.78 is 0. The van der Waals surface area contributed by atoms with Gasteiger partial charge in [0, 0.05) is 12.5 Å². The molecule has 0 aromatic heterocycles. The van der Waals surface area contributed by atoms with Gasteiger partial charge >= 0.3 is 0 Å². The lowest BCUT2D eigenvalue weighted by atomic mass is 10.1. The predicted octanol–water partition coefficient (Wildman–Crippen LogP) is -0.146. The Bertz CT molecular complexity index is 137. The number of amides is 1. The standard InChI is InChI=1S/C6H9NO2/c1-4-2-5(8)3-6(9)7-4/h4H,2-3H2,1H3,(H,7,9)/t4-/m1/s1. The molecule has 1 N–H and O–H groups in total. The van der Waals surface area contributed by atoms with E-state index in [2.05, 4.69) is 5.32 Å². The number of hydrogen-bond donors (Lipinski definition) is 1. The van der Waals surface area contributed by atoms with Crippen LogP contribution in [0.15, 0.2) is 0 Å². The van der Waals surface area contributed by atoms with Gasteiger partial charge in [0.1, 0.15) is 5.78 Å². The van der Waals surface area contributed by atoms with Crippen molar-refractivity contribution in [1.29, 1.82) is 0 Å². The molecule has 9 heavy (non-hydrogen) atoms. The first-order chi connectivity index (χ1) is 4.18. The summed E-state index contributed by atoms with van der Waals surface area (Å²) in [5.41, 5.74) is 0. The van der Waals surface area contributed by atoms with Crippen molar-refractivity contribution in [3.8, 4) is 0 Å². The van der Waals surface area contributed by atoms with E-state index < -0.39 is 0 Å². The van der Waals surface area contributed by atoms with E-state index in [4.69, 9.17) is 0 Å². The number of carbonyl (C=O) groups is 2. The minimum Gasteiger partial charge on any atom is -0.353 e. The molecule has 1 fully saturated rings. The Labute approximate surface area is 53.4 Å². The normalized spacial score (nSPS) is 27.9. The SMILES string of the molecule is C[C@@H]1CC(=O)CC(=O)N1. The topological polar surface area (TPSA) is 46.2 Å². The maximum atomic E-state index is 10.6. The Morgan fingerprint density at radius 3 is 2.67 bits per heavy atom. The molecule has 0 aromatic carbocycles. The zero-order chi connectivity index (χ0) is 6.85. The number of ketones is 1. The average Bonchev–Trinajstić information content (AvgIpc) is 1.59. The van der Waals surface area contributed by atoms with Crippen LogP contribution in [-0.4, -0.2) is 17.7 Å². The van der Waals surface area contributed by atoms with Crippen LogP contribution in [0.1, 0.15) is 19.8 Å². The van der Waals surface area contributed by atoms with Gasteiger partial charge in [-0.2, -0.15) is 0 Å². The van der Waals surface area contributed by atoms with Gasteiger partial charge in [-0.25, -0.2) is 0 Å². The van der Waals surface area contributed by atoms with Crippen LogP contribution in [0.4, 0.5) is 0 Å². The molecule has 0 spiro atoms. The van der Waals surface area contributed by atoms with E-state index in [9.17, 15) is 9.59 Å². The predicted molar refractivity (Wildman–Crippen MR) is 31.8 cm³/mol. The summed E-state index contributed by atoms with van der Waals surface area (Å²) in [7, 11) is 0. The third kappa shape index (κ3) is 1.52. The van der Waals surface area contributed by atoms with Crippen LogP contribution in [-0.2, 0) is 9.59 Å². The van der Waals surface area contributed by atoms with Crippen LogP contribution in [0.2, 0.25) is 0 Å². The molecule has 1 aliphatic heterocycles. The number of carbonyl (C=O) groups excluding carboxylic acids is 2. The number of nitrogens with one attached hydrogen (secondary N) is 1.